The standard InChI is InChI=1S/C20H27N5O3/c1-27-19-15(20(26)28-2)9-10-16(21-19)24-11-6-7-14(13-24)18-23-22-17-8-4-3-5-12-25(17)18/h9-10,14H,3-8,11-13H2,1-2H3. The molecule has 1 saturated heterocycles. The van der Waals surface area contributed by atoms with Crippen LogP contribution in [0.4, 0.5) is 5.82 Å². The van der Waals surface area contributed by atoms with Gasteiger partial charge >= 0.3 is 5.97 Å². The van der Waals surface area contributed by atoms with Gasteiger partial charge in [0.05, 0.1) is 14.2 Å². The van der Waals surface area contributed by atoms with Crippen LogP contribution in [0.15, 0.2) is 12.1 Å². The van der Waals surface area contributed by atoms with E-state index in [2.05, 4.69) is 24.6 Å². The number of anilines is 1. The van der Waals surface area contributed by atoms with Crippen molar-refractivity contribution in [3.8, 4) is 5.88 Å². The summed E-state index contributed by atoms with van der Waals surface area (Å²) in [5, 5.41) is 9.02. The highest BCUT2D eigenvalue weighted by Crippen LogP contribution is 2.31. The van der Waals surface area contributed by atoms with Gasteiger partial charge in [-0.2, -0.15) is 4.98 Å². The molecule has 0 saturated carbocycles. The number of ether oxygens (including phenoxy) is 2. The van der Waals surface area contributed by atoms with Gasteiger partial charge in [0.15, 0.2) is 0 Å². The topological polar surface area (TPSA) is 82.4 Å². The number of hydrogen-bond donors (Lipinski definition) is 0. The Balaban J connectivity index is 1.56. The Morgan fingerprint density at radius 2 is 2.00 bits per heavy atom. The molecule has 1 atom stereocenters. The molecule has 0 aromatic carbocycles. The minimum Gasteiger partial charge on any atom is -0.480 e. The van der Waals surface area contributed by atoms with Gasteiger partial charge in [-0.25, -0.2) is 4.79 Å². The minimum atomic E-state index is -0.446. The first-order valence-electron chi connectivity index (χ1n) is 10.0. The molecule has 0 bridgehead atoms. The lowest BCUT2D eigenvalue weighted by Crippen LogP contribution is -2.36. The number of carbonyl (C=O) groups excluding carboxylic acids is 1. The fourth-order valence-corrected chi connectivity index (χ4v) is 4.23. The van der Waals surface area contributed by atoms with Crippen LogP contribution in [0.5, 0.6) is 5.88 Å². The summed E-state index contributed by atoms with van der Waals surface area (Å²) in [6, 6.07) is 3.58. The molecular formula is C20H27N5O3. The Morgan fingerprint density at radius 1 is 1.11 bits per heavy atom. The fraction of sp³-hybridized carbons (Fsp3) is 0.600. The van der Waals surface area contributed by atoms with Crippen molar-refractivity contribution in [2.45, 2.75) is 51.0 Å². The molecule has 2 aromatic heterocycles. The summed E-state index contributed by atoms with van der Waals surface area (Å²) in [6.07, 6.45) is 6.85. The molecule has 2 aliphatic heterocycles. The van der Waals surface area contributed by atoms with Crippen LogP contribution >= 0.6 is 0 Å². The number of rotatable bonds is 4. The van der Waals surface area contributed by atoms with Crippen molar-refractivity contribution >= 4 is 11.8 Å². The van der Waals surface area contributed by atoms with Crippen LogP contribution < -0.4 is 9.64 Å². The van der Waals surface area contributed by atoms with Gasteiger partial charge in [-0.3, -0.25) is 0 Å². The highest BCUT2D eigenvalue weighted by atomic mass is 16.5. The zero-order valence-electron chi connectivity index (χ0n) is 16.6. The second kappa shape index (κ2) is 8.16. The van der Waals surface area contributed by atoms with Crippen LogP contribution in [0.1, 0.15) is 60.0 Å². The van der Waals surface area contributed by atoms with E-state index in [-0.39, 0.29) is 0 Å². The van der Waals surface area contributed by atoms with Crippen molar-refractivity contribution in [2.75, 3.05) is 32.2 Å². The second-order valence-electron chi connectivity index (χ2n) is 7.44. The minimum absolute atomic E-state index is 0.294. The predicted molar refractivity (Wildman–Crippen MR) is 104 cm³/mol. The van der Waals surface area contributed by atoms with Gasteiger partial charge in [0.2, 0.25) is 5.88 Å². The van der Waals surface area contributed by atoms with E-state index in [0.717, 1.165) is 56.4 Å². The monoisotopic (exact) mass is 385 g/mol. The number of aromatic nitrogens is 4. The van der Waals surface area contributed by atoms with E-state index in [0.29, 0.717) is 17.4 Å². The third kappa shape index (κ3) is 3.55. The first-order chi connectivity index (χ1) is 13.7. The van der Waals surface area contributed by atoms with Crippen molar-refractivity contribution in [1.82, 2.24) is 19.7 Å². The van der Waals surface area contributed by atoms with E-state index in [1.54, 1.807) is 6.07 Å². The van der Waals surface area contributed by atoms with E-state index in [1.807, 2.05) is 6.07 Å². The first kappa shape index (κ1) is 18.7. The number of pyridine rings is 1. The van der Waals surface area contributed by atoms with Crippen LogP contribution in [0, 0.1) is 0 Å². The number of nitrogens with zero attached hydrogens (tertiary/aromatic N) is 5. The maximum Gasteiger partial charge on any atom is 0.343 e. The quantitative estimate of drug-likeness (QED) is 0.748. The zero-order chi connectivity index (χ0) is 19.5. The molecule has 1 fully saturated rings. The summed E-state index contributed by atoms with van der Waals surface area (Å²) in [4.78, 5) is 18.7. The normalized spacial score (nSPS) is 19.6. The Labute approximate surface area is 164 Å². The summed E-state index contributed by atoms with van der Waals surface area (Å²) >= 11 is 0. The summed E-state index contributed by atoms with van der Waals surface area (Å²) in [5.74, 6) is 3.24. The second-order valence-corrected chi connectivity index (χ2v) is 7.44. The largest absolute Gasteiger partial charge is 0.480 e. The molecule has 2 aliphatic rings. The molecule has 0 spiro atoms. The molecule has 2 aromatic rings. The van der Waals surface area contributed by atoms with Crippen molar-refractivity contribution in [1.29, 1.82) is 0 Å². The van der Waals surface area contributed by atoms with Crippen molar-refractivity contribution in [2.24, 2.45) is 0 Å². The smallest absolute Gasteiger partial charge is 0.343 e. The number of aryl methyl sites for hydroxylation is 1. The summed E-state index contributed by atoms with van der Waals surface area (Å²) in [6.45, 7) is 2.78. The Morgan fingerprint density at radius 3 is 2.82 bits per heavy atom. The van der Waals surface area contributed by atoms with E-state index >= 15 is 0 Å². The highest BCUT2D eigenvalue weighted by molar-refractivity contribution is 5.92. The summed E-state index contributed by atoms with van der Waals surface area (Å²) < 4.78 is 12.5. The van der Waals surface area contributed by atoms with Crippen molar-refractivity contribution in [3.05, 3.63) is 29.3 Å². The lowest BCUT2D eigenvalue weighted by atomic mass is 9.97. The van der Waals surface area contributed by atoms with Gasteiger partial charge in [-0.15, -0.1) is 10.2 Å². The number of piperidine rings is 1. The van der Waals surface area contributed by atoms with Crippen LogP contribution in [-0.2, 0) is 17.7 Å². The van der Waals surface area contributed by atoms with E-state index < -0.39 is 5.97 Å². The number of esters is 1. The summed E-state index contributed by atoms with van der Waals surface area (Å²) in [7, 11) is 2.87. The molecule has 4 rings (SSSR count). The van der Waals surface area contributed by atoms with E-state index in [9.17, 15) is 4.79 Å². The maximum absolute atomic E-state index is 11.9. The van der Waals surface area contributed by atoms with Gasteiger partial charge in [0.1, 0.15) is 23.0 Å². The summed E-state index contributed by atoms with van der Waals surface area (Å²) in [5.41, 5.74) is 0.338. The molecule has 28 heavy (non-hydrogen) atoms. The molecule has 0 radical (unpaired) electrons. The first-order valence-corrected chi connectivity index (χ1v) is 10.0. The van der Waals surface area contributed by atoms with Crippen LogP contribution in [0.3, 0.4) is 0 Å². The molecule has 8 nitrogen and oxygen atoms in total. The van der Waals surface area contributed by atoms with E-state index in [4.69, 9.17) is 9.47 Å². The van der Waals surface area contributed by atoms with Crippen LogP contribution in [0.2, 0.25) is 0 Å². The van der Waals surface area contributed by atoms with Crippen LogP contribution in [0.25, 0.3) is 0 Å². The average Bonchev–Trinajstić information content (AvgIpc) is 3.01. The number of hydrogen-bond acceptors (Lipinski definition) is 7. The Hall–Kier alpha value is -2.64. The SMILES string of the molecule is COC(=O)c1ccc(N2CCCC(c3nnc4n3CCCCC4)C2)nc1OC. The van der Waals surface area contributed by atoms with Gasteiger partial charge < -0.3 is 18.9 Å². The lowest BCUT2D eigenvalue weighted by molar-refractivity contribution is 0.0596. The number of methoxy groups -OCH3 is 2. The molecule has 4 heterocycles. The zero-order valence-corrected chi connectivity index (χ0v) is 16.6. The Bertz CT molecular complexity index is 850. The molecule has 0 N–H and O–H groups in total. The molecule has 0 aliphatic carbocycles. The maximum atomic E-state index is 11.9. The predicted octanol–water partition coefficient (Wildman–Crippen LogP) is 2.58. The van der Waals surface area contributed by atoms with Crippen LogP contribution in [-0.4, -0.2) is 53.0 Å². The highest BCUT2D eigenvalue weighted by Gasteiger charge is 2.28. The van der Waals surface area contributed by atoms with Crippen molar-refractivity contribution < 1.29 is 14.3 Å². The van der Waals surface area contributed by atoms with E-state index in [1.165, 1.54) is 33.5 Å². The van der Waals surface area contributed by atoms with Gasteiger partial charge in [0, 0.05) is 32.0 Å². The van der Waals surface area contributed by atoms with Crippen molar-refractivity contribution in [3.63, 3.8) is 0 Å². The van der Waals surface area contributed by atoms with Gasteiger partial charge in [0.25, 0.3) is 0 Å². The van der Waals surface area contributed by atoms with Gasteiger partial charge in [-0.05, 0) is 37.8 Å². The number of carbonyl (C=O) groups is 1. The molecule has 8 heteroatoms. The third-order valence-electron chi connectivity index (χ3n) is 5.69. The molecular weight excluding hydrogens is 358 g/mol. The fourth-order valence-electron chi connectivity index (χ4n) is 4.23. The Kier molecular flexibility index (Phi) is 5.45. The average molecular weight is 385 g/mol. The van der Waals surface area contributed by atoms with Gasteiger partial charge in [-0.1, -0.05) is 6.42 Å². The molecule has 1 unspecified atom stereocenters. The lowest BCUT2D eigenvalue weighted by Gasteiger charge is -2.33. The number of fused-ring (bicyclic) bond motifs is 1. The third-order valence-corrected chi connectivity index (χ3v) is 5.69. The molecule has 0 amide bonds. The molecule has 150 valence electrons.